The van der Waals surface area contributed by atoms with Gasteiger partial charge in [-0.1, -0.05) is 36.4 Å². The number of anilines is 2. The average Bonchev–Trinajstić information content (AvgIpc) is 3.62. The number of nitrogens with two attached hydrogens (primary N) is 2. The quantitative estimate of drug-likeness (QED) is 0.238. The molecular formula is C29H28F3N5O2. The molecule has 4 aromatic rings. The van der Waals surface area contributed by atoms with Gasteiger partial charge in [0.05, 0.1) is 12.3 Å². The van der Waals surface area contributed by atoms with Crippen LogP contribution in [0.15, 0.2) is 78.9 Å². The van der Waals surface area contributed by atoms with Gasteiger partial charge < -0.3 is 21.5 Å². The van der Waals surface area contributed by atoms with Gasteiger partial charge in [-0.3, -0.25) is 4.79 Å². The van der Waals surface area contributed by atoms with Crippen molar-refractivity contribution in [2.24, 2.45) is 11.7 Å². The van der Waals surface area contributed by atoms with E-state index in [9.17, 15) is 18.0 Å². The number of carbonyl (C=O) groups excluding carboxylic acids is 1. The number of aromatic nitrogens is 2. The average molecular weight is 536 g/mol. The third kappa shape index (κ3) is 6.30. The SMILES string of the molecule is NCc1cccc(-n2nc(C(F)(F)F)cc2C(=O)Nc2cccc([C@H](OCC3CC3)c3cccc(N)c3)c2)c1. The lowest BCUT2D eigenvalue weighted by Gasteiger charge is -2.20. The number of nitrogens with one attached hydrogen (secondary N) is 1. The zero-order valence-electron chi connectivity index (χ0n) is 21.0. The second kappa shape index (κ2) is 10.9. The van der Waals surface area contributed by atoms with E-state index in [4.69, 9.17) is 16.2 Å². The largest absolute Gasteiger partial charge is 0.435 e. The van der Waals surface area contributed by atoms with Crippen molar-refractivity contribution in [2.45, 2.75) is 31.7 Å². The second-order valence-corrected chi connectivity index (χ2v) is 9.60. The van der Waals surface area contributed by atoms with Crippen LogP contribution in [-0.4, -0.2) is 22.3 Å². The number of nitrogens with zero attached hydrogens (tertiary/aromatic N) is 2. The summed E-state index contributed by atoms with van der Waals surface area (Å²) in [5, 5.41) is 6.41. The molecule has 1 atom stereocenters. The fourth-order valence-electron chi connectivity index (χ4n) is 4.29. The molecular weight excluding hydrogens is 507 g/mol. The highest BCUT2D eigenvalue weighted by atomic mass is 19.4. The molecule has 0 radical (unpaired) electrons. The third-order valence-electron chi connectivity index (χ3n) is 6.48. The molecule has 0 aliphatic heterocycles. The number of halogens is 3. The molecule has 202 valence electrons. The van der Waals surface area contributed by atoms with Crippen LogP contribution in [0.3, 0.4) is 0 Å². The Morgan fingerprint density at radius 2 is 1.74 bits per heavy atom. The number of carbonyl (C=O) groups is 1. The molecule has 10 heteroatoms. The Balaban J connectivity index is 1.45. The molecule has 1 aliphatic rings. The Morgan fingerprint density at radius 1 is 1.03 bits per heavy atom. The highest BCUT2D eigenvalue weighted by molar-refractivity contribution is 6.03. The summed E-state index contributed by atoms with van der Waals surface area (Å²) >= 11 is 0. The van der Waals surface area contributed by atoms with Gasteiger partial charge in [-0.15, -0.1) is 0 Å². The number of benzene rings is 3. The van der Waals surface area contributed by atoms with E-state index in [1.807, 2.05) is 24.3 Å². The van der Waals surface area contributed by atoms with Gasteiger partial charge in [0.2, 0.25) is 0 Å². The van der Waals surface area contributed by atoms with Crippen LogP contribution >= 0.6 is 0 Å². The monoisotopic (exact) mass is 535 g/mol. The predicted octanol–water partition coefficient (Wildman–Crippen LogP) is 5.70. The van der Waals surface area contributed by atoms with E-state index in [1.165, 1.54) is 0 Å². The first-order valence-electron chi connectivity index (χ1n) is 12.6. The Morgan fingerprint density at radius 3 is 2.44 bits per heavy atom. The van der Waals surface area contributed by atoms with E-state index in [2.05, 4.69) is 10.4 Å². The Kier molecular flexibility index (Phi) is 7.40. The van der Waals surface area contributed by atoms with Crippen molar-refractivity contribution in [3.05, 3.63) is 107 Å². The lowest BCUT2D eigenvalue weighted by molar-refractivity contribution is -0.141. The molecule has 5 N–H and O–H groups in total. The summed E-state index contributed by atoms with van der Waals surface area (Å²) in [5.41, 5.74) is 13.9. The molecule has 0 saturated heterocycles. The number of ether oxygens (including phenoxy) is 1. The number of hydrogen-bond donors (Lipinski definition) is 3. The van der Waals surface area contributed by atoms with Gasteiger partial charge >= 0.3 is 6.18 Å². The molecule has 1 aliphatic carbocycles. The van der Waals surface area contributed by atoms with Crippen molar-refractivity contribution in [1.82, 2.24) is 9.78 Å². The van der Waals surface area contributed by atoms with Crippen LogP contribution in [0.1, 0.15) is 51.8 Å². The Labute approximate surface area is 223 Å². The minimum absolute atomic E-state index is 0.187. The molecule has 0 unspecified atom stereocenters. The van der Waals surface area contributed by atoms with E-state index in [0.717, 1.165) is 34.7 Å². The standard InChI is InChI=1S/C29H28F3N5O2/c30-29(31,32)26-15-25(37(36-26)24-9-1-4-19(12-24)16-33)28(38)35-23-8-3-6-21(14-23)27(39-17-18-10-11-18)20-5-2-7-22(34)13-20/h1-9,12-15,18,27H,10-11,16-17,33-34H2,(H,35,38)/t27-/m1/s1. The first-order valence-corrected chi connectivity index (χ1v) is 12.6. The van der Waals surface area contributed by atoms with Crippen LogP contribution in [0.2, 0.25) is 0 Å². The van der Waals surface area contributed by atoms with Crippen LogP contribution in [0.5, 0.6) is 0 Å². The number of nitrogen functional groups attached to an aromatic ring is 1. The number of amides is 1. The molecule has 0 bridgehead atoms. The maximum absolute atomic E-state index is 13.5. The highest BCUT2D eigenvalue weighted by Crippen LogP contribution is 2.35. The molecule has 0 spiro atoms. The molecule has 3 aromatic carbocycles. The van der Waals surface area contributed by atoms with Gasteiger partial charge in [-0.05, 0) is 71.8 Å². The summed E-state index contributed by atoms with van der Waals surface area (Å²) in [5.74, 6) is -0.218. The van der Waals surface area contributed by atoms with Gasteiger partial charge in [0.1, 0.15) is 11.8 Å². The minimum atomic E-state index is -4.73. The van der Waals surface area contributed by atoms with Gasteiger partial charge in [0.25, 0.3) is 5.91 Å². The number of alkyl halides is 3. The minimum Gasteiger partial charge on any atom is -0.399 e. The van der Waals surface area contributed by atoms with Gasteiger partial charge in [-0.2, -0.15) is 18.3 Å². The number of rotatable bonds is 9. The summed E-state index contributed by atoms with van der Waals surface area (Å²) in [6.07, 6.45) is -2.90. The van der Waals surface area contributed by atoms with Crippen molar-refractivity contribution >= 4 is 17.3 Å². The van der Waals surface area contributed by atoms with Crippen LogP contribution in [0, 0.1) is 5.92 Å². The maximum Gasteiger partial charge on any atom is 0.435 e. The van der Waals surface area contributed by atoms with Gasteiger partial charge in [-0.25, -0.2) is 4.68 Å². The third-order valence-corrected chi connectivity index (χ3v) is 6.48. The first kappa shape index (κ1) is 26.5. The second-order valence-electron chi connectivity index (χ2n) is 9.60. The molecule has 7 nitrogen and oxygen atoms in total. The number of hydrogen-bond acceptors (Lipinski definition) is 5. The predicted molar refractivity (Wildman–Crippen MR) is 142 cm³/mol. The summed E-state index contributed by atoms with van der Waals surface area (Å²) in [4.78, 5) is 13.3. The van der Waals surface area contributed by atoms with Gasteiger partial charge in [0, 0.05) is 24.0 Å². The molecule has 5 rings (SSSR count). The molecule has 39 heavy (non-hydrogen) atoms. The molecule has 1 heterocycles. The van der Waals surface area contributed by atoms with Crippen LogP contribution in [0.25, 0.3) is 5.69 Å². The lowest BCUT2D eigenvalue weighted by Crippen LogP contribution is -2.17. The molecule has 1 amide bonds. The van der Waals surface area contributed by atoms with Crippen molar-refractivity contribution in [3.8, 4) is 5.69 Å². The molecule has 1 saturated carbocycles. The molecule has 1 fully saturated rings. The van der Waals surface area contributed by atoms with E-state index in [-0.39, 0.29) is 12.2 Å². The van der Waals surface area contributed by atoms with Crippen molar-refractivity contribution < 1.29 is 22.7 Å². The van der Waals surface area contributed by atoms with Crippen LogP contribution < -0.4 is 16.8 Å². The van der Waals surface area contributed by atoms with E-state index < -0.39 is 23.9 Å². The Bertz CT molecular complexity index is 1480. The topological polar surface area (TPSA) is 108 Å². The van der Waals surface area contributed by atoms with E-state index in [0.29, 0.717) is 35.2 Å². The summed E-state index contributed by atoms with van der Waals surface area (Å²) in [6.45, 7) is 0.782. The maximum atomic E-state index is 13.5. The van der Waals surface area contributed by atoms with Crippen LogP contribution in [-0.2, 0) is 17.5 Å². The zero-order chi connectivity index (χ0) is 27.6. The Hall–Kier alpha value is -4.15. The highest BCUT2D eigenvalue weighted by Gasteiger charge is 2.36. The smallest absolute Gasteiger partial charge is 0.399 e. The fraction of sp³-hybridized carbons (Fsp3) is 0.241. The van der Waals surface area contributed by atoms with E-state index >= 15 is 0 Å². The van der Waals surface area contributed by atoms with Crippen molar-refractivity contribution in [3.63, 3.8) is 0 Å². The normalized spacial score (nSPS) is 14.3. The molecule has 1 aromatic heterocycles. The van der Waals surface area contributed by atoms with Gasteiger partial charge in [0.15, 0.2) is 5.69 Å². The summed E-state index contributed by atoms with van der Waals surface area (Å²) in [7, 11) is 0. The fourth-order valence-corrected chi connectivity index (χ4v) is 4.29. The van der Waals surface area contributed by atoms with Crippen LogP contribution in [0.4, 0.5) is 24.5 Å². The summed E-state index contributed by atoms with van der Waals surface area (Å²) < 4.78 is 47.9. The zero-order valence-corrected chi connectivity index (χ0v) is 21.0. The van der Waals surface area contributed by atoms with E-state index in [1.54, 1.807) is 48.5 Å². The summed E-state index contributed by atoms with van der Waals surface area (Å²) in [6, 6.07) is 21.7. The lowest BCUT2D eigenvalue weighted by atomic mass is 10.00. The van der Waals surface area contributed by atoms with Crippen molar-refractivity contribution in [1.29, 1.82) is 0 Å². The van der Waals surface area contributed by atoms with Crippen molar-refractivity contribution in [2.75, 3.05) is 17.7 Å². The first-order chi connectivity index (χ1) is 18.7.